The van der Waals surface area contributed by atoms with Crippen LogP contribution < -0.4 is 19.1 Å². The summed E-state index contributed by atoms with van der Waals surface area (Å²) in [5, 5.41) is 2.88. The number of hydrogen-bond donors (Lipinski definition) is 1. The SMILES string of the molecule is CS(=O)(=O)N(CCC(=O)NCCC1=CCCCC1)c1ccc2c(c1)OCO2. The number of nitrogens with zero attached hydrogens (tertiary/aromatic N) is 1. The number of sulfonamides is 1. The fourth-order valence-electron chi connectivity index (χ4n) is 3.31. The summed E-state index contributed by atoms with van der Waals surface area (Å²) >= 11 is 0. The predicted octanol–water partition coefficient (Wildman–Crippen LogP) is 2.58. The van der Waals surface area contributed by atoms with Gasteiger partial charge in [-0.15, -0.1) is 0 Å². The number of nitrogens with one attached hydrogen (secondary N) is 1. The lowest BCUT2D eigenvalue weighted by Crippen LogP contribution is -2.35. The molecule has 0 fully saturated rings. The highest BCUT2D eigenvalue weighted by molar-refractivity contribution is 7.92. The van der Waals surface area contributed by atoms with Crippen LogP contribution in [0.3, 0.4) is 0 Å². The molecule has 0 unspecified atom stereocenters. The van der Waals surface area contributed by atoms with Gasteiger partial charge in [0.2, 0.25) is 22.7 Å². The Morgan fingerprint density at radius 1 is 1.22 bits per heavy atom. The molecule has 0 saturated carbocycles. The van der Waals surface area contributed by atoms with Crippen LogP contribution in [-0.4, -0.2) is 40.5 Å². The average Bonchev–Trinajstić information content (AvgIpc) is 3.09. The molecule has 0 atom stereocenters. The van der Waals surface area contributed by atoms with E-state index in [9.17, 15) is 13.2 Å². The molecule has 3 rings (SSSR count). The molecule has 1 amide bonds. The maximum absolute atomic E-state index is 12.2. The second-order valence-corrected chi connectivity index (χ2v) is 8.74. The number of carbonyl (C=O) groups excluding carboxylic acids is 1. The first-order valence-corrected chi connectivity index (χ1v) is 11.1. The zero-order valence-corrected chi connectivity index (χ0v) is 16.4. The van der Waals surface area contributed by atoms with Gasteiger partial charge < -0.3 is 14.8 Å². The number of carbonyl (C=O) groups is 1. The summed E-state index contributed by atoms with van der Waals surface area (Å²) in [5.74, 6) is 0.939. The molecule has 0 aromatic heterocycles. The van der Waals surface area contributed by atoms with Crippen molar-refractivity contribution in [2.45, 2.75) is 38.5 Å². The first-order valence-electron chi connectivity index (χ1n) is 9.25. The zero-order valence-electron chi connectivity index (χ0n) is 15.6. The van der Waals surface area contributed by atoms with Gasteiger partial charge in [-0.3, -0.25) is 9.10 Å². The van der Waals surface area contributed by atoms with Crippen LogP contribution in [0, 0.1) is 0 Å². The normalized spacial score (nSPS) is 16.0. The predicted molar refractivity (Wildman–Crippen MR) is 104 cm³/mol. The van der Waals surface area contributed by atoms with Gasteiger partial charge in [-0.2, -0.15) is 0 Å². The van der Waals surface area contributed by atoms with Gasteiger partial charge in [-0.1, -0.05) is 11.6 Å². The Morgan fingerprint density at radius 2 is 2.04 bits per heavy atom. The Morgan fingerprint density at radius 3 is 2.78 bits per heavy atom. The van der Waals surface area contributed by atoms with Crippen LogP contribution >= 0.6 is 0 Å². The Labute approximate surface area is 160 Å². The van der Waals surface area contributed by atoms with Gasteiger partial charge in [-0.25, -0.2) is 8.42 Å². The molecule has 2 aliphatic rings. The molecule has 8 heteroatoms. The minimum Gasteiger partial charge on any atom is -0.454 e. The number of amides is 1. The fraction of sp³-hybridized carbons (Fsp3) is 0.526. The molecule has 1 N–H and O–H groups in total. The Balaban J connectivity index is 1.54. The van der Waals surface area contributed by atoms with E-state index in [-0.39, 0.29) is 25.7 Å². The third kappa shape index (κ3) is 5.38. The minimum absolute atomic E-state index is 0.0764. The van der Waals surface area contributed by atoms with Gasteiger partial charge in [0.1, 0.15) is 0 Å². The first kappa shape index (κ1) is 19.5. The van der Waals surface area contributed by atoms with Crippen molar-refractivity contribution in [1.82, 2.24) is 5.32 Å². The second kappa shape index (κ2) is 8.65. The lowest BCUT2D eigenvalue weighted by Gasteiger charge is -2.22. The molecule has 1 heterocycles. The summed E-state index contributed by atoms with van der Waals surface area (Å²) in [4.78, 5) is 12.1. The smallest absolute Gasteiger partial charge is 0.232 e. The van der Waals surface area contributed by atoms with Crippen LogP contribution in [-0.2, 0) is 14.8 Å². The van der Waals surface area contributed by atoms with Crippen molar-refractivity contribution in [1.29, 1.82) is 0 Å². The van der Waals surface area contributed by atoms with E-state index in [0.29, 0.717) is 23.7 Å². The Bertz CT molecular complexity index is 819. The molecule has 148 valence electrons. The molecule has 1 aliphatic heterocycles. The maximum atomic E-state index is 12.2. The van der Waals surface area contributed by atoms with Crippen molar-refractivity contribution in [3.8, 4) is 11.5 Å². The highest BCUT2D eigenvalue weighted by atomic mass is 32.2. The Kier molecular flexibility index (Phi) is 6.26. The van der Waals surface area contributed by atoms with E-state index < -0.39 is 10.0 Å². The van der Waals surface area contributed by atoms with Crippen LogP contribution in [0.25, 0.3) is 0 Å². The molecule has 0 saturated heterocycles. The van der Waals surface area contributed by atoms with Gasteiger partial charge in [-0.05, 0) is 44.2 Å². The van der Waals surface area contributed by atoms with Crippen molar-refractivity contribution in [3.63, 3.8) is 0 Å². The molecule has 1 aliphatic carbocycles. The van der Waals surface area contributed by atoms with Crippen LogP contribution in [0.1, 0.15) is 38.5 Å². The van der Waals surface area contributed by atoms with E-state index in [0.717, 1.165) is 25.5 Å². The number of hydrogen-bond acceptors (Lipinski definition) is 5. The molecule has 0 bridgehead atoms. The van der Waals surface area contributed by atoms with Crippen LogP contribution in [0.2, 0.25) is 0 Å². The summed E-state index contributed by atoms with van der Waals surface area (Å²) in [5.41, 5.74) is 1.86. The number of fused-ring (bicyclic) bond motifs is 1. The number of benzene rings is 1. The molecule has 0 spiro atoms. The molecule has 27 heavy (non-hydrogen) atoms. The third-order valence-corrected chi connectivity index (χ3v) is 5.93. The zero-order chi connectivity index (χ0) is 19.3. The van der Waals surface area contributed by atoms with Crippen molar-refractivity contribution in [2.24, 2.45) is 0 Å². The fourth-order valence-corrected chi connectivity index (χ4v) is 4.23. The molecule has 1 aromatic carbocycles. The molecule has 1 aromatic rings. The van der Waals surface area contributed by atoms with Gasteiger partial charge in [0, 0.05) is 25.6 Å². The van der Waals surface area contributed by atoms with Gasteiger partial charge >= 0.3 is 0 Å². The second-order valence-electron chi connectivity index (χ2n) is 6.83. The first-order chi connectivity index (χ1) is 12.9. The van der Waals surface area contributed by atoms with Crippen LogP contribution in [0.5, 0.6) is 11.5 Å². The molecule has 0 radical (unpaired) electrons. The number of ether oxygens (including phenoxy) is 2. The van der Waals surface area contributed by atoms with Crippen LogP contribution in [0.15, 0.2) is 29.8 Å². The maximum Gasteiger partial charge on any atom is 0.232 e. The highest BCUT2D eigenvalue weighted by Gasteiger charge is 2.22. The minimum atomic E-state index is -3.52. The van der Waals surface area contributed by atoms with E-state index in [1.165, 1.54) is 22.7 Å². The molecular formula is C19H26N2O5S. The highest BCUT2D eigenvalue weighted by Crippen LogP contribution is 2.36. The van der Waals surface area contributed by atoms with Crippen molar-refractivity contribution < 1.29 is 22.7 Å². The van der Waals surface area contributed by atoms with E-state index in [1.807, 2.05) is 0 Å². The van der Waals surface area contributed by atoms with E-state index >= 15 is 0 Å². The summed E-state index contributed by atoms with van der Waals surface area (Å²) < 4.78 is 36.1. The summed E-state index contributed by atoms with van der Waals surface area (Å²) in [6.45, 7) is 0.789. The monoisotopic (exact) mass is 394 g/mol. The van der Waals surface area contributed by atoms with Crippen LogP contribution in [0.4, 0.5) is 5.69 Å². The Hall–Kier alpha value is -2.22. The third-order valence-electron chi connectivity index (χ3n) is 4.74. The standard InChI is InChI=1S/C19H26N2O5S/c1-27(23,24)21(16-7-8-17-18(13-16)26-14-25-17)12-10-19(22)20-11-9-15-5-3-2-4-6-15/h5,7-8,13H,2-4,6,9-12,14H2,1H3,(H,20,22). The number of rotatable bonds is 8. The number of anilines is 1. The van der Waals surface area contributed by atoms with Gasteiger partial charge in [0.05, 0.1) is 11.9 Å². The van der Waals surface area contributed by atoms with Gasteiger partial charge in [0.25, 0.3) is 0 Å². The van der Waals surface area contributed by atoms with E-state index in [4.69, 9.17) is 9.47 Å². The molecule has 7 nitrogen and oxygen atoms in total. The summed E-state index contributed by atoms with van der Waals surface area (Å²) in [6.07, 6.45) is 9.07. The van der Waals surface area contributed by atoms with Crippen molar-refractivity contribution in [2.75, 3.05) is 30.4 Å². The largest absolute Gasteiger partial charge is 0.454 e. The average molecular weight is 394 g/mol. The van der Waals surface area contributed by atoms with Crippen molar-refractivity contribution in [3.05, 3.63) is 29.8 Å². The number of allylic oxidation sites excluding steroid dienone is 1. The molecular weight excluding hydrogens is 368 g/mol. The quantitative estimate of drug-likeness (QED) is 0.685. The summed E-state index contributed by atoms with van der Waals surface area (Å²) in [6, 6.07) is 4.95. The lowest BCUT2D eigenvalue weighted by molar-refractivity contribution is -0.120. The topological polar surface area (TPSA) is 84.9 Å². The van der Waals surface area contributed by atoms with Crippen molar-refractivity contribution >= 4 is 21.6 Å². The van der Waals surface area contributed by atoms with Gasteiger partial charge in [0.15, 0.2) is 11.5 Å². The summed E-state index contributed by atoms with van der Waals surface area (Å²) in [7, 11) is -3.52. The lowest BCUT2D eigenvalue weighted by atomic mass is 9.97. The van der Waals surface area contributed by atoms with E-state index in [2.05, 4.69) is 11.4 Å². The van der Waals surface area contributed by atoms with E-state index in [1.54, 1.807) is 18.2 Å².